The van der Waals surface area contributed by atoms with Gasteiger partial charge < -0.3 is 4.74 Å². The van der Waals surface area contributed by atoms with Gasteiger partial charge in [-0.3, -0.25) is 4.79 Å². The minimum atomic E-state index is -0.411. The zero-order chi connectivity index (χ0) is 11.3. The molecule has 1 rings (SSSR count). The fourth-order valence-electron chi connectivity index (χ4n) is 1.12. The Balaban J connectivity index is 2.87. The Bertz CT molecular complexity index is 398. The summed E-state index contributed by atoms with van der Waals surface area (Å²) in [5.41, 5.74) is 1.80. The molecule has 0 fully saturated rings. The molecule has 0 bridgehead atoms. The van der Waals surface area contributed by atoms with Crippen molar-refractivity contribution < 1.29 is 9.53 Å². The van der Waals surface area contributed by atoms with Crippen LogP contribution in [0.5, 0.6) is 0 Å². The molecule has 2 nitrogen and oxygen atoms in total. The van der Waals surface area contributed by atoms with Crippen molar-refractivity contribution >= 4 is 21.9 Å². The highest BCUT2D eigenvalue weighted by atomic mass is 79.9. The lowest BCUT2D eigenvalue weighted by Gasteiger charge is -2.07. The summed E-state index contributed by atoms with van der Waals surface area (Å²) in [6, 6.07) is 7.47. The van der Waals surface area contributed by atoms with E-state index in [0.717, 1.165) is 11.1 Å². The number of benzene rings is 1. The molecule has 1 unspecified atom stereocenters. The zero-order valence-corrected chi connectivity index (χ0v) is 10.2. The van der Waals surface area contributed by atoms with Crippen molar-refractivity contribution in [2.75, 3.05) is 7.11 Å². The predicted octanol–water partition coefficient (Wildman–Crippen LogP) is 2.67. The van der Waals surface area contributed by atoms with Crippen molar-refractivity contribution in [2.24, 2.45) is 0 Å². The summed E-state index contributed by atoms with van der Waals surface area (Å²) in [5, 5.41) is 0. The summed E-state index contributed by atoms with van der Waals surface area (Å²) >= 11 is 3.26. The molecule has 0 saturated carbocycles. The lowest BCUT2D eigenvalue weighted by Crippen LogP contribution is -2.07. The Morgan fingerprint density at radius 1 is 1.40 bits per heavy atom. The maximum absolute atomic E-state index is 11.2. The van der Waals surface area contributed by atoms with E-state index in [1.807, 2.05) is 24.3 Å². The highest BCUT2D eigenvalue weighted by Crippen LogP contribution is 2.23. The van der Waals surface area contributed by atoms with Gasteiger partial charge in [-0.05, 0) is 24.6 Å². The Hall–Kier alpha value is -1.27. The van der Waals surface area contributed by atoms with Crippen molar-refractivity contribution in [3.05, 3.63) is 35.4 Å². The lowest BCUT2D eigenvalue weighted by molar-refractivity contribution is -0.139. The molecule has 1 atom stereocenters. The maximum atomic E-state index is 11.2. The van der Waals surface area contributed by atoms with Gasteiger partial charge in [0.2, 0.25) is 0 Å². The molecule has 0 aliphatic rings. The molecule has 0 aliphatic carbocycles. The van der Waals surface area contributed by atoms with Crippen LogP contribution in [-0.2, 0) is 9.53 Å². The summed E-state index contributed by atoms with van der Waals surface area (Å²) in [6.45, 7) is 1.79. The Kier molecular flexibility index (Phi) is 4.38. The first-order valence-corrected chi connectivity index (χ1v) is 5.35. The van der Waals surface area contributed by atoms with E-state index in [9.17, 15) is 4.79 Å². The smallest absolute Gasteiger partial charge is 0.323 e. The minimum Gasteiger partial charge on any atom is -0.468 e. The van der Waals surface area contributed by atoms with Crippen LogP contribution in [-0.4, -0.2) is 13.1 Å². The number of rotatable bonds is 2. The molecule has 0 aliphatic heterocycles. The molecule has 0 N–H and O–H groups in total. The van der Waals surface area contributed by atoms with Gasteiger partial charge in [-0.25, -0.2) is 0 Å². The summed E-state index contributed by atoms with van der Waals surface area (Å²) in [7, 11) is 1.37. The third-order valence-corrected chi connectivity index (χ3v) is 2.78. The standard InChI is InChI=1S/C12H11BrO2/c1-3-4-9-5-7-10(8-6-9)11(13)12(14)15-2/h5-8,11H,1-2H3. The fourth-order valence-corrected chi connectivity index (χ4v) is 1.61. The number of carbonyl (C=O) groups is 1. The second kappa shape index (κ2) is 5.57. The van der Waals surface area contributed by atoms with Gasteiger partial charge in [0.1, 0.15) is 4.83 Å². The van der Waals surface area contributed by atoms with Crippen molar-refractivity contribution in [3.63, 3.8) is 0 Å². The van der Waals surface area contributed by atoms with Gasteiger partial charge in [0.25, 0.3) is 0 Å². The molecule has 0 heterocycles. The number of halogens is 1. The van der Waals surface area contributed by atoms with E-state index in [1.54, 1.807) is 6.92 Å². The summed E-state index contributed by atoms with van der Waals surface area (Å²) in [6.07, 6.45) is 0. The van der Waals surface area contributed by atoms with E-state index in [0.29, 0.717) is 0 Å². The van der Waals surface area contributed by atoms with Gasteiger partial charge in [-0.1, -0.05) is 34.0 Å². The quantitative estimate of drug-likeness (QED) is 0.468. The SMILES string of the molecule is CC#Cc1ccc(C(Br)C(=O)OC)cc1. The molecular formula is C12H11BrO2. The number of esters is 1. The molecule has 1 aromatic rings. The molecule has 1 aromatic carbocycles. The highest BCUT2D eigenvalue weighted by molar-refractivity contribution is 9.09. The number of carbonyl (C=O) groups excluding carboxylic acids is 1. The normalized spacial score (nSPS) is 11.1. The van der Waals surface area contributed by atoms with Gasteiger partial charge >= 0.3 is 5.97 Å². The van der Waals surface area contributed by atoms with Gasteiger partial charge in [-0.2, -0.15) is 0 Å². The lowest BCUT2D eigenvalue weighted by atomic mass is 10.1. The second-order valence-electron chi connectivity index (χ2n) is 2.88. The topological polar surface area (TPSA) is 26.3 Å². The molecule has 78 valence electrons. The van der Waals surface area contributed by atoms with E-state index in [4.69, 9.17) is 0 Å². The maximum Gasteiger partial charge on any atom is 0.323 e. The van der Waals surface area contributed by atoms with Crippen molar-refractivity contribution in [1.29, 1.82) is 0 Å². The third kappa shape index (κ3) is 3.10. The number of alkyl halides is 1. The van der Waals surface area contributed by atoms with E-state index in [2.05, 4.69) is 32.5 Å². The molecule has 0 saturated heterocycles. The first-order chi connectivity index (χ1) is 7.19. The zero-order valence-electron chi connectivity index (χ0n) is 8.58. The van der Waals surface area contributed by atoms with Crippen molar-refractivity contribution in [1.82, 2.24) is 0 Å². The second-order valence-corrected chi connectivity index (χ2v) is 3.80. The summed E-state index contributed by atoms with van der Waals surface area (Å²) in [5.74, 6) is 5.45. The Labute approximate surface area is 97.8 Å². The van der Waals surface area contributed by atoms with Gasteiger partial charge in [0.15, 0.2) is 0 Å². The largest absolute Gasteiger partial charge is 0.468 e. The van der Waals surface area contributed by atoms with Crippen LogP contribution in [0.1, 0.15) is 22.9 Å². The van der Waals surface area contributed by atoms with Gasteiger partial charge in [0, 0.05) is 5.56 Å². The third-order valence-electron chi connectivity index (χ3n) is 1.88. The average molecular weight is 267 g/mol. The van der Waals surface area contributed by atoms with Crippen molar-refractivity contribution in [3.8, 4) is 11.8 Å². The first-order valence-electron chi connectivity index (χ1n) is 4.43. The number of hydrogen-bond donors (Lipinski definition) is 0. The molecule has 0 amide bonds. The van der Waals surface area contributed by atoms with Crippen LogP contribution >= 0.6 is 15.9 Å². The number of hydrogen-bond acceptors (Lipinski definition) is 2. The van der Waals surface area contributed by atoms with Crippen LogP contribution < -0.4 is 0 Å². The van der Waals surface area contributed by atoms with Crippen LogP contribution in [0.4, 0.5) is 0 Å². The van der Waals surface area contributed by atoms with Crippen LogP contribution in [0.15, 0.2) is 24.3 Å². The molecule has 0 spiro atoms. The highest BCUT2D eigenvalue weighted by Gasteiger charge is 2.16. The summed E-state index contributed by atoms with van der Waals surface area (Å²) in [4.78, 5) is 10.8. The molecule has 15 heavy (non-hydrogen) atoms. The summed E-state index contributed by atoms with van der Waals surface area (Å²) < 4.78 is 4.63. The van der Waals surface area contributed by atoms with E-state index >= 15 is 0 Å². The Morgan fingerprint density at radius 2 is 2.00 bits per heavy atom. The molecule has 0 radical (unpaired) electrons. The van der Waals surface area contributed by atoms with E-state index in [-0.39, 0.29) is 5.97 Å². The molecule has 3 heteroatoms. The van der Waals surface area contributed by atoms with Crippen LogP contribution in [0.3, 0.4) is 0 Å². The van der Waals surface area contributed by atoms with Gasteiger partial charge in [-0.15, -0.1) is 5.92 Å². The van der Waals surface area contributed by atoms with E-state index in [1.165, 1.54) is 7.11 Å². The predicted molar refractivity (Wildman–Crippen MR) is 62.7 cm³/mol. The first kappa shape index (κ1) is 11.8. The molecular weight excluding hydrogens is 256 g/mol. The van der Waals surface area contributed by atoms with Crippen LogP contribution in [0.2, 0.25) is 0 Å². The average Bonchev–Trinajstić information content (AvgIpc) is 2.28. The number of methoxy groups -OCH3 is 1. The molecule has 0 aromatic heterocycles. The van der Waals surface area contributed by atoms with Crippen molar-refractivity contribution in [2.45, 2.75) is 11.8 Å². The van der Waals surface area contributed by atoms with Crippen LogP contribution in [0.25, 0.3) is 0 Å². The van der Waals surface area contributed by atoms with Crippen LogP contribution in [0, 0.1) is 11.8 Å². The van der Waals surface area contributed by atoms with Gasteiger partial charge in [0.05, 0.1) is 7.11 Å². The Morgan fingerprint density at radius 3 is 2.47 bits per heavy atom. The number of ether oxygens (including phenoxy) is 1. The monoisotopic (exact) mass is 266 g/mol. The van der Waals surface area contributed by atoms with E-state index < -0.39 is 4.83 Å². The fraction of sp³-hybridized carbons (Fsp3) is 0.250. The minimum absolute atomic E-state index is 0.302.